The lowest BCUT2D eigenvalue weighted by Gasteiger charge is -2.32. The number of nitrogens with zero attached hydrogens (tertiary/aromatic N) is 4. The summed E-state index contributed by atoms with van der Waals surface area (Å²) >= 11 is 6.51. The number of anilines is 3. The largest absolute Gasteiger partial charge is 0.492 e. The van der Waals surface area contributed by atoms with Crippen molar-refractivity contribution in [3.63, 3.8) is 0 Å². The fourth-order valence-electron chi connectivity index (χ4n) is 4.81. The predicted octanol–water partition coefficient (Wildman–Crippen LogP) is 6.86. The first kappa shape index (κ1) is 36.0. The fraction of sp³-hybridized carbons (Fsp3) is 0.324. The van der Waals surface area contributed by atoms with Gasteiger partial charge in [-0.25, -0.2) is 4.79 Å². The number of rotatable bonds is 3. The van der Waals surface area contributed by atoms with E-state index in [4.69, 9.17) is 25.8 Å². The van der Waals surface area contributed by atoms with Gasteiger partial charge in [0.05, 0.1) is 11.6 Å². The predicted molar refractivity (Wildman–Crippen MR) is 180 cm³/mol. The van der Waals surface area contributed by atoms with Crippen LogP contribution < -0.4 is 30.2 Å². The number of hydrogen-bond donors (Lipinski definition) is 3. The molecule has 0 fully saturated rings. The molecule has 264 valence electrons. The van der Waals surface area contributed by atoms with Gasteiger partial charge in [0, 0.05) is 37.4 Å². The first-order valence-electron chi connectivity index (χ1n) is 15.6. The van der Waals surface area contributed by atoms with Crippen LogP contribution in [0.2, 0.25) is 5.02 Å². The molecule has 0 radical (unpaired) electrons. The van der Waals surface area contributed by atoms with Crippen molar-refractivity contribution < 1.29 is 37.0 Å². The van der Waals surface area contributed by atoms with Crippen molar-refractivity contribution in [2.75, 3.05) is 43.5 Å². The molecule has 3 aromatic carbocycles. The molecule has 3 N–H and O–H groups in total. The van der Waals surface area contributed by atoms with Crippen molar-refractivity contribution in [3.05, 3.63) is 88.9 Å². The molecule has 6 bridgehead atoms. The first-order chi connectivity index (χ1) is 23.8. The number of benzene rings is 3. The molecule has 4 aliphatic heterocycles. The maximum Gasteiger partial charge on any atom is 0.422 e. The van der Waals surface area contributed by atoms with Gasteiger partial charge in [-0.3, -0.25) is 4.79 Å². The molecule has 12 nitrogen and oxygen atoms in total. The van der Waals surface area contributed by atoms with Crippen LogP contribution in [0.5, 0.6) is 17.5 Å². The van der Waals surface area contributed by atoms with E-state index in [1.165, 1.54) is 0 Å². The van der Waals surface area contributed by atoms with Crippen molar-refractivity contribution in [2.45, 2.75) is 33.0 Å². The Hall–Kier alpha value is -5.31. The minimum atomic E-state index is -4.60. The molecular formula is C34H35ClF3N7O5. The molecule has 0 unspecified atom stereocenters. The average molecular weight is 714 g/mol. The minimum Gasteiger partial charge on any atom is -0.492 e. The van der Waals surface area contributed by atoms with Gasteiger partial charge in [-0.15, -0.1) is 0 Å². The molecule has 4 aromatic rings. The van der Waals surface area contributed by atoms with Gasteiger partial charge in [0.2, 0.25) is 11.9 Å². The Morgan fingerprint density at radius 1 is 1.00 bits per heavy atom. The molecule has 0 saturated carbocycles. The third kappa shape index (κ3) is 10.9. The van der Waals surface area contributed by atoms with E-state index >= 15 is 0 Å². The highest BCUT2D eigenvalue weighted by molar-refractivity contribution is 6.32. The lowest BCUT2D eigenvalue weighted by molar-refractivity contribution is -0.154. The molecule has 4 aliphatic rings. The minimum absolute atomic E-state index is 0.0560. The molecule has 16 heteroatoms. The summed E-state index contributed by atoms with van der Waals surface area (Å²) in [5.74, 6) is 0.341. The van der Waals surface area contributed by atoms with Crippen LogP contribution in [0.3, 0.4) is 0 Å². The first-order valence-corrected chi connectivity index (χ1v) is 16.0. The van der Waals surface area contributed by atoms with E-state index in [-0.39, 0.29) is 44.0 Å². The smallest absolute Gasteiger partial charge is 0.422 e. The zero-order valence-electron chi connectivity index (χ0n) is 27.2. The number of halogens is 4. The van der Waals surface area contributed by atoms with Crippen LogP contribution in [-0.2, 0) is 6.54 Å². The fourth-order valence-corrected chi connectivity index (χ4v) is 5.07. The lowest BCUT2D eigenvalue weighted by Crippen LogP contribution is -2.46. The molecule has 5 heterocycles. The van der Waals surface area contributed by atoms with E-state index in [9.17, 15) is 22.8 Å². The summed E-state index contributed by atoms with van der Waals surface area (Å²) in [7, 11) is 0. The molecule has 50 heavy (non-hydrogen) atoms. The quantitative estimate of drug-likeness (QED) is 0.206. The van der Waals surface area contributed by atoms with Gasteiger partial charge in [0.15, 0.2) is 6.61 Å². The maximum absolute atomic E-state index is 13.3. The van der Waals surface area contributed by atoms with Crippen molar-refractivity contribution in [1.29, 1.82) is 0 Å². The number of carbonyl (C=O) groups is 2. The molecule has 8 rings (SSSR count). The monoisotopic (exact) mass is 713 g/mol. The number of nitrogens with one attached hydrogen (secondary N) is 3. The van der Waals surface area contributed by atoms with Crippen molar-refractivity contribution in [3.8, 4) is 17.5 Å². The molecule has 0 spiro atoms. The number of hydrogen-bond acceptors (Lipinski definition) is 10. The maximum atomic E-state index is 13.3. The van der Waals surface area contributed by atoms with Crippen LogP contribution in [0.25, 0.3) is 0 Å². The summed E-state index contributed by atoms with van der Waals surface area (Å²) in [6.45, 7) is 3.46. The third-order valence-electron chi connectivity index (χ3n) is 7.21. The SMILES string of the molecule is CC1(C)CNC(=O)c2ccc(cc2)Nc2nc(nc(OCC(F)(F)F)n2)NCc2ccc(c(Cl)c2)OCCCN(C(=O)Oc2ccccc2)C1. The Morgan fingerprint density at radius 3 is 2.46 bits per heavy atom. The molecule has 2 amide bonds. The van der Waals surface area contributed by atoms with E-state index in [0.29, 0.717) is 46.3 Å². The summed E-state index contributed by atoms with van der Waals surface area (Å²) in [5.41, 5.74) is 0.951. The highest BCUT2D eigenvalue weighted by Gasteiger charge is 2.30. The molecule has 0 saturated heterocycles. The third-order valence-corrected chi connectivity index (χ3v) is 7.51. The van der Waals surface area contributed by atoms with Crippen LogP contribution in [0.15, 0.2) is 72.8 Å². The Labute approximate surface area is 291 Å². The zero-order valence-corrected chi connectivity index (χ0v) is 28.0. The van der Waals surface area contributed by atoms with Crippen LogP contribution in [-0.4, -0.2) is 70.9 Å². The van der Waals surface area contributed by atoms with Crippen molar-refractivity contribution >= 4 is 41.2 Å². The van der Waals surface area contributed by atoms with Gasteiger partial charge in [0.25, 0.3) is 5.91 Å². The summed E-state index contributed by atoms with van der Waals surface area (Å²) in [6.07, 6.45) is -4.68. The van der Waals surface area contributed by atoms with Gasteiger partial charge < -0.3 is 35.1 Å². The number of alkyl halides is 3. The number of para-hydroxylation sites is 1. The topological polar surface area (TPSA) is 140 Å². The highest BCUT2D eigenvalue weighted by Crippen LogP contribution is 2.27. The van der Waals surface area contributed by atoms with E-state index < -0.39 is 30.3 Å². The normalized spacial score (nSPS) is 15.5. The Bertz CT molecular complexity index is 1780. The van der Waals surface area contributed by atoms with E-state index in [2.05, 4.69) is 30.9 Å². The Balaban J connectivity index is 1.38. The molecular weight excluding hydrogens is 679 g/mol. The van der Waals surface area contributed by atoms with Gasteiger partial charge in [-0.05, 0) is 65.9 Å². The van der Waals surface area contributed by atoms with Crippen LogP contribution in [0.1, 0.15) is 36.2 Å². The van der Waals surface area contributed by atoms with Crippen molar-refractivity contribution in [2.24, 2.45) is 5.41 Å². The second kappa shape index (κ2) is 15.9. The number of amides is 2. The number of carbonyl (C=O) groups excluding carboxylic acids is 2. The van der Waals surface area contributed by atoms with Crippen LogP contribution in [0, 0.1) is 5.41 Å². The zero-order chi connectivity index (χ0) is 35.7. The van der Waals surface area contributed by atoms with Gasteiger partial charge in [0.1, 0.15) is 11.5 Å². The molecule has 0 atom stereocenters. The number of ether oxygens (including phenoxy) is 3. The lowest BCUT2D eigenvalue weighted by atomic mass is 9.92. The standard InChI is InChI=1S/C34H35ClF3N7O5/c1-33(2)19-40-28(46)23-10-12-24(13-11-23)41-30-42-29(43-31(44-30)49-21-34(36,37)38)39-18-22-9-14-27(26(35)17-22)48-16-6-15-45(20-33)32(47)50-25-7-4-3-5-8-25/h3-5,7-14,17H,6,15-16,18-21H2,1-2H3,(H,40,46)(H2,39,41,42,43,44). The Morgan fingerprint density at radius 2 is 1.74 bits per heavy atom. The summed E-state index contributed by atoms with van der Waals surface area (Å²) < 4.78 is 55.0. The van der Waals surface area contributed by atoms with E-state index in [1.54, 1.807) is 71.6 Å². The molecule has 0 aliphatic carbocycles. The van der Waals surface area contributed by atoms with Crippen LogP contribution >= 0.6 is 11.6 Å². The second-order valence-corrected chi connectivity index (χ2v) is 12.5. The van der Waals surface area contributed by atoms with E-state index in [1.807, 2.05) is 19.9 Å². The van der Waals surface area contributed by atoms with Gasteiger partial charge in [-0.1, -0.05) is 49.7 Å². The summed E-state index contributed by atoms with van der Waals surface area (Å²) in [6, 6.07) is 19.7. The molecule has 1 aromatic heterocycles. The highest BCUT2D eigenvalue weighted by atomic mass is 35.5. The number of aromatic nitrogens is 3. The van der Waals surface area contributed by atoms with Crippen molar-refractivity contribution in [1.82, 2.24) is 25.2 Å². The van der Waals surface area contributed by atoms with E-state index in [0.717, 1.165) is 0 Å². The second-order valence-electron chi connectivity index (χ2n) is 12.1. The Kier molecular flexibility index (Phi) is 11.5. The van der Waals surface area contributed by atoms with Crippen LogP contribution in [0.4, 0.5) is 35.5 Å². The van der Waals surface area contributed by atoms with Gasteiger partial charge in [-0.2, -0.15) is 28.1 Å². The average Bonchev–Trinajstić information content (AvgIpc) is 3.07. The van der Waals surface area contributed by atoms with Gasteiger partial charge >= 0.3 is 18.3 Å². The summed E-state index contributed by atoms with van der Waals surface area (Å²) in [5, 5.41) is 9.11. The summed E-state index contributed by atoms with van der Waals surface area (Å²) in [4.78, 5) is 40.1.